The lowest BCUT2D eigenvalue weighted by molar-refractivity contribution is 0.0997. The number of aromatic nitrogens is 2. The van der Waals surface area contributed by atoms with Crippen molar-refractivity contribution >= 4 is 22.7 Å². The number of hydrogen-bond donors (Lipinski definition) is 2. The zero-order chi connectivity index (χ0) is 13.4. The zero-order valence-electron chi connectivity index (χ0n) is 10.7. The van der Waals surface area contributed by atoms with Gasteiger partial charge in [-0.05, 0) is 19.9 Å². The van der Waals surface area contributed by atoms with Gasteiger partial charge in [0, 0.05) is 22.7 Å². The number of rotatable bonds is 2. The minimum atomic E-state index is -0.291. The fourth-order valence-electron chi connectivity index (χ4n) is 2.05. The molecule has 2 heterocycles. The largest absolute Gasteiger partial charge is 0.451 e. The van der Waals surface area contributed by atoms with Gasteiger partial charge in [0.25, 0.3) is 5.91 Å². The molecule has 3 aromatic rings. The van der Waals surface area contributed by atoms with E-state index >= 15 is 0 Å². The number of aryl methyl sites for hydroxylation is 2. The molecule has 19 heavy (non-hydrogen) atoms. The molecule has 0 atom stereocenters. The number of aromatic amines is 1. The summed E-state index contributed by atoms with van der Waals surface area (Å²) in [6.45, 7) is 3.74. The molecule has 5 nitrogen and oxygen atoms in total. The van der Waals surface area contributed by atoms with Crippen LogP contribution in [0.1, 0.15) is 21.8 Å². The number of anilines is 1. The first-order chi connectivity index (χ1) is 9.15. The average Bonchev–Trinajstić information content (AvgIpc) is 2.94. The normalized spacial score (nSPS) is 10.8. The summed E-state index contributed by atoms with van der Waals surface area (Å²) < 4.78 is 5.59. The van der Waals surface area contributed by atoms with Crippen molar-refractivity contribution in [2.75, 3.05) is 5.32 Å². The summed E-state index contributed by atoms with van der Waals surface area (Å²) in [6, 6.07) is 9.34. The van der Waals surface area contributed by atoms with E-state index in [0.29, 0.717) is 17.2 Å². The maximum Gasteiger partial charge on any atom is 0.292 e. The molecule has 0 aliphatic rings. The van der Waals surface area contributed by atoms with Crippen LogP contribution in [0.4, 0.5) is 5.82 Å². The lowest BCUT2D eigenvalue weighted by atomic mass is 10.1. The van der Waals surface area contributed by atoms with Crippen LogP contribution >= 0.6 is 0 Å². The Morgan fingerprint density at radius 3 is 2.79 bits per heavy atom. The Hall–Kier alpha value is -2.56. The molecule has 0 saturated carbocycles. The number of fused-ring (bicyclic) bond motifs is 1. The third-order valence-electron chi connectivity index (χ3n) is 3.00. The number of carbonyl (C=O) groups excluding carboxylic acids is 1. The van der Waals surface area contributed by atoms with Crippen molar-refractivity contribution < 1.29 is 9.21 Å². The zero-order valence-corrected chi connectivity index (χ0v) is 10.7. The van der Waals surface area contributed by atoms with E-state index in [1.165, 1.54) is 0 Å². The summed E-state index contributed by atoms with van der Waals surface area (Å²) in [5, 5.41) is 10.4. The van der Waals surface area contributed by atoms with Gasteiger partial charge in [0.15, 0.2) is 11.6 Å². The first-order valence-electron chi connectivity index (χ1n) is 5.96. The smallest absolute Gasteiger partial charge is 0.292 e. The molecule has 0 spiro atoms. The maximum absolute atomic E-state index is 12.2. The summed E-state index contributed by atoms with van der Waals surface area (Å²) in [7, 11) is 0. The monoisotopic (exact) mass is 255 g/mol. The molecule has 0 bridgehead atoms. The topological polar surface area (TPSA) is 70.9 Å². The van der Waals surface area contributed by atoms with E-state index in [-0.39, 0.29) is 5.91 Å². The van der Waals surface area contributed by atoms with E-state index in [1.807, 2.05) is 38.1 Å². The van der Waals surface area contributed by atoms with Gasteiger partial charge in [-0.1, -0.05) is 18.2 Å². The molecule has 3 rings (SSSR count). The van der Waals surface area contributed by atoms with Crippen molar-refractivity contribution in [2.24, 2.45) is 0 Å². The molecule has 1 aromatic carbocycles. The number of carbonyl (C=O) groups is 1. The summed E-state index contributed by atoms with van der Waals surface area (Å²) in [4.78, 5) is 12.2. The van der Waals surface area contributed by atoms with Gasteiger partial charge in [-0.3, -0.25) is 9.89 Å². The van der Waals surface area contributed by atoms with Gasteiger partial charge in [0.2, 0.25) is 0 Å². The van der Waals surface area contributed by atoms with Gasteiger partial charge in [-0.2, -0.15) is 5.10 Å². The summed E-state index contributed by atoms with van der Waals surface area (Å²) in [6.07, 6.45) is 0. The van der Waals surface area contributed by atoms with Crippen molar-refractivity contribution in [3.63, 3.8) is 0 Å². The molecule has 1 amide bonds. The second-order valence-electron chi connectivity index (χ2n) is 4.44. The highest BCUT2D eigenvalue weighted by atomic mass is 16.3. The second kappa shape index (κ2) is 4.28. The van der Waals surface area contributed by atoms with Crippen LogP contribution < -0.4 is 5.32 Å². The van der Waals surface area contributed by atoms with Gasteiger partial charge in [-0.15, -0.1) is 0 Å². The number of hydrogen-bond acceptors (Lipinski definition) is 3. The molecular formula is C14H13N3O2. The van der Waals surface area contributed by atoms with Crippen LogP contribution in [0.3, 0.4) is 0 Å². The van der Waals surface area contributed by atoms with Crippen LogP contribution in [0.25, 0.3) is 11.0 Å². The number of furan rings is 1. The van der Waals surface area contributed by atoms with Crippen molar-refractivity contribution in [2.45, 2.75) is 13.8 Å². The first-order valence-corrected chi connectivity index (χ1v) is 5.96. The van der Waals surface area contributed by atoms with Crippen LogP contribution in [0.5, 0.6) is 0 Å². The molecule has 0 aliphatic carbocycles. The predicted molar refractivity (Wildman–Crippen MR) is 72.2 cm³/mol. The van der Waals surface area contributed by atoms with E-state index < -0.39 is 0 Å². The van der Waals surface area contributed by atoms with Crippen LogP contribution in [0, 0.1) is 13.8 Å². The Kier molecular flexibility index (Phi) is 2.59. The fourth-order valence-corrected chi connectivity index (χ4v) is 2.05. The number of nitrogens with one attached hydrogen (secondary N) is 2. The van der Waals surface area contributed by atoms with Gasteiger partial charge < -0.3 is 9.73 Å². The molecule has 0 saturated heterocycles. The summed E-state index contributed by atoms with van der Waals surface area (Å²) in [5.74, 6) is 0.518. The van der Waals surface area contributed by atoms with E-state index in [4.69, 9.17) is 4.42 Å². The summed E-state index contributed by atoms with van der Waals surface area (Å²) in [5.41, 5.74) is 2.43. The Labute approximate surface area is 109 Å². The van der Waals surface area contributed by atoms with Crippen LogP contribution in [0.2, 0.25) is 0 Å². The highest BCUT2D eigenvalue weighted by molar-refractivity contribution is 6.06. The van der Waals surface area contributed by atoms with Crippen LogP contribution in [0.15, 0.2) is 34.7 Å². The quantitative estimate of drug-likeness (QED) is 0.739. The van der Waals surface area contributed by atoms with Gasteiger partial charge >= 0.3 is 0 Å². The SMILES string of the molecule is Cc1cc(NC(=O)c2oc3ccccc3c2C)n[nH]1. The van der Waals surface area contributed by atoms with Crippen LogP contribution in [-0.2, 0) is 0 Å². The number of H-pyrrole nitrogens is 1. The molecule has 96 valence electrons. The summed E-state index contributed by atoms with van der Waals surface area (Å²) >= 11 is 0. The number of para-hydroxylation sites is 1. The van der Waals surface area contributed by atoms with Crippen molar-refractivity contribution in [1.29, 1.82) is 0 Å². The molecule has 0 fully saturated rings. The van der Waals surface area contributed by atoms with Crippen LogP contribution in [-0.4, -0.2) is 16.1 Å². The second-order valence-corrected chi connectivity index (χ2v) is 4.44. The predicted octanol–water partition coefficient (Wildman–Crippen LogP) is 3.03. The minimum Gasteiger partial charge on any atom is -0.451 e. The van der Waals surface area contributed by atoms with E-state index in [9.17, 15) is 4.79 Å². The Morgan fingerprint density at radius 2 is 2.11 bits per heavy atom. The Balaban J connectivity index is 1.95. The number of amides is 1. The van der Waals surface area contributed by atoms with Crippen molar-refractivity contribution in [1.82, 2.24) is 10.2 Å². The minimum absolute atomic E-state index is 0.291. The van der Waals surface area contributed by atoms with Crippen molar-refractivity contribution in [3.8, 4) is 0 Å². The molecule has 2 N–H and O–H groups in total. The van der Waals surface area contributed by atoms with Crippen molar-refractivity contribution in [3.05, 3.63) is 47.3 Å². The maximum atomic E-state index is 12.2. The highest BCUT2D eigenvalue weighted by Gasteiger charge is 2.18. The number of benzene rings is 1. The Morgan fingerprint density at radius 1 is 1.32 bits per heavy atom. The third kappa shape index (κ3) is 1.99. The molecule has 0 radical (unpaired) electrons. The van der Waals surface area contributed by atoms with Gasteiger partial charge in [0.1, 0.15) is 5.58 Å². The van der Waals surface area contributed by atoms with E-state index in [0.717, 1.165) is 16.6 Å². The molecule has 0 aliphatic heterocycles. The lowest BCUT2D eigenvalue weighted by Crippen LogP contribution is -2.12. The third-order valence-corrected chi connectivity index (χ3v) is 3.00. The van der Waals surface area contributed by atoms with Gasteiger partial charge in [0.05, 0.1) is 0 Å². The lowest BCUT2D eigenvalue weighted by Gasteiger charge is -1.98. The fraction of sp³-hybridized carbons (Fsp3) is 0.143. The molecule has 2 aromatic heterocycles. The first kappa shape index (κ1) is 11.5. The van der Waals surface area contributed by atoms with E-state index in [1.54, 1.807) is 6.07 Å². The molecular weight excluding hydrogens is 242 g/mol. The van der Waals surface area contributed by atoms with Gasteiger partial charge in [-0.25, -0.2) is 0 Å². The Bertz CT molecular complexity index is 755. The average molecular weight is 255 g/mol. The molecule has 0 unspecified atom stereocenters. The highest BCUT2D eigenvalue weighted by Crippen LogP contribution is 2.25. The molecule has 5 heteroatoms. The standard InChI is InChI=1S/C14H13N3O2/c1-8-7-12(17-16-8)15-14(18)13-9(2)10-5-3-4-6-11(10)19-13/h3-7H,1-2H3,(H2,15,16,17,18). The van der Waals surface area contributed by atoms with E-state index in [2.05, 4.69) is 15.5 Å². The number of nitrogens with zero attached hydrogens (tertiary/aromatic N) is 1.